The van der Waals surface area contributed by atoms with Crippen LogP contribution in [0.4, 0.5) is 0 Å². The van der Waals surface area contributed by atoms with Gasteiger partial charge in [0.25, 0.3) is 5.91 Å². The van der Waals surface area contributed by atoms with E-state index in [-0.39, 0.29) is 24.4 Å². The van der Waals surface area contributed by atoms with E-state index >= 15 is 0 Å². The lowest BCUT2D eigenvalue weighted by molar-refractivity contribution is -0.692. The molecule has 0 fully saturated rings. The van der Waals surface area contributed by atoms with Crippen molar-refractivity contribution < 1.29 is 14.9 Å². The van der Waals surface area contributed by atoms with Gasteiger partial charge in [-0.1, -0.05) is 51.5 Å². The highest BCUT2D eigenvalue weighted by Gasteiger charge is 2.20. The number of quaternary nitrogens is 1. The summed E-state index contributed by atoms with van der Waals surface area (Å²) in [6, 6.07) is 8.99. The van der Waals surface area contributed by atoms with Crippen LogP contribution >= 0.6 is 0 Å². The van der Waals surface area contributed by atoms with Gasteiger partial charge in [-0.15, -0.1) is 0 Å². The van der Waals surface area contributed by atoms with Crippen molar-refractivity contribution in [3.05, 3.63) is 35.4 Å². The van der Waals surface area contributed by atoms with E-state index in [0.29, 0.717) is 12.5 Å². The number of hydrogen-bond acceptors (Lipinski definition) is 2. The van der Waals surface area contributed by atoms with Gasteiger partial charge in [-0.25, -0.2) is 0 Å². The zero-order valence-electron chi connectivity index (χ0n) is 16.3. The Balaban J connectivity index is 2.56. The molecule has 5 heteroatoms. The second kappa shape index (κ2) is 10.9. The first kappa shape index (κ1) is 21.2. The molecule has 0 saturated heterocycles. The average Bonchev–Trinajstić information content (AvgIpc) is 2.58. The van der Waals surface area contributed by atoms with Crippen molar-refractivity contribution in [2.24, 2.45) is 5.92 Å². The number of unbranched alkanes of at least 4 members (excludes halogenated alkanes) is 1. The Morgan fingerprint density at radius 2 is 1.80 bits per heavy atom. The first-order valence-electron chi connectivity index (χ1n) is 9.24. The van der Waals surface area contributed by atoms with Gasteiger partial charge in [0, 0.05) is 25.6 Å². The van der Waals surface area contributed by atoms with Crippen LogP contribution in [0.5, 0.6) is 0 Å². The topological polar surface area (TPSA) is 66.0 Å². The molecular weight excluding hydrogens is 314 g/mol. The van der Waals surface area contributed by atoms with Crippen molar-refractivity contribution in [3.63, 3.8) is 0 Å². The molecule has 0 aliphatic rings. The van der Waals surface area contributed by atoms with Crippen molar-refractivity contribution in [3.8, 4) is 0 Å². The SMILES string of the molecule is CCCCc1ccc([C@H]([NH2+]CC(=O)NCC(=O)N(C)C)C(C)C)cc1. The molecule has 0 spiro atoms. The normalized spacial score (nSPS) is 12.1. The van der Waals surface area contributed by atoms with Crippen LogP contribution in [-0.2, 0) is 16.0 Å². The van der Waals surface area contributed by atoms with Crippen LogP contribution in [0.2, 0.25) is 0 Å². The summed E-state index contributed by atoms with van der Waals surface area (Å²) in [6.07, 6.45) is 3.54. The standard InChI is InChI=1S/C20H33N3O2/c1-6-7-8-16-9-11-17(12-10-16)20(15(2)3)22-13-18(24)21-14-19(25)23(4)5/h9-12,15,20,22H,6-8,13-14H2,1-5H3,(H,21,24)/p+1/t20-/m1/s1. The maximum atomic E-state index is 12.0. The Morgan fingerprint density at radius 1 is 1.16 bits per heavy atom. The Morgan fingerprint density at radius 3 is 2.32 bits per heavy atom. The number of aryl methyl sites for hydroxylation is 1. The largest absolute Gasteiger partial charge is 0.347 e. The molecule has 1 aromatic carbocycles. The van der Waals surface area contributed by atoms with E-state index in [1.807, 2.05) is 0 Å². The number of likely N-dealkylation sites (N-methyl/N-ethyl adjacent to an activating group) is 1. The third-order valence-corrected chi connectivity index (χ3v) is 4.39. The first-order chi connectivity index (χ1) is 11.8. The van der Waals surface area contributed by atoms with E-state index in [4.69, 9.17) is 0 Å². The first-order valence-corrected chi connectivity index (χ1v) is 9.24. The van der Waals surface area contributed by atoms with Gasteiger partial charge in [0.2, 0.25) is 5.91 Å². The molecule has 1 rings (SSSR count). The summed E-state index contributed by atoms with van der Waals surface area (Å²) in [4.78, 5) is 25.0. The monoisotopic (exact) mass is 348 g/mol. The predicted octanol–water partition coefficient (Wildman–Crippen LogP) is 1.49. The lowest BCUT2D eigenvalue weighted by Gasteiger charge is -2.20. The maximum absolute atomic E-state index is 12.0. The highest BCUT2D eigenvalue weighted by Crippen LogP contribution is 2.18. The molecule has 1 atom stereocenters. The molecule has 0 saturated carbocycles. The summed E-state index contributed by atoms with van der Waals surface area (Å²) >= 11 is 0. The highest BCUT2D eigenvalue weighted by atomic mass is 16.2. The molecule has 140 valence electrons. The zero-order valence-corrected chi connectivity index (χ0v) is 16.3. The number of hydrogen-bond donors (Lipinski definition) is 2. The number of amides is 2. The number of carbonyl (C=O) groups is 2. The molecule has 0 heterocycles. The summed E-state index contributed by atoms with van der Waals surface area (Å²) in [5, 5.41) is 4.74. The zero-order chi connectivity index (χ0) is 18.8. The van der Waals surface area contributed by atoms with Crippen LogP contribution in [0.15, 0.2) is 24.3 Å². The molecule has 1 aromatic rings. The summed E-state index contributed by atoms with van der Waals surface area (Å²) < 4.78 is 0. The van der Waals surface area contributed by atoms with Crippen molar-refractivity contribution in [1.82, 2.24) is 10.2 Å². The average molecular weight is 349 g/mol. The van der Waals surface area contributed by atoms with E-state index in [9.17, 15) is 9.59 Å². The lowest BCUT2D eigenvalue weighted by atomic mass is 9.94. The Labute approximate surface area is 152 Å². The van der Waals surface area contributed by atoms with Crippen LogP contribution in [0.1, 0.15) is 50.8 Å². The van der Waals surface area contributed by atoms with E-state index in [0.717, 1.165) is 6.42 Å². The van der Waals surface area contributed by atoms with Crippen molar-refractivity contribution in [1.29, 1.82) is 0 Å². The molecule has 5 nitrogen and oxygen atoms in total. The highest BCUT2D eigenvalue weighted by molar-refractivity contribution is 5.84. The van der Waals surface area contributed by atoms with E-state index < -0.39 is 0 Å². The number of benzene rings is 1. The van der Waals surface area contributed by atoms with Gasteiger partial charge in [-0.3, -0.25) is 9.59 Å². The summed E-state index contributed by atoms with van der Waals surface area (Å²) in [7, 11) is 3.36. The van der Waals surface area contributed by atoms with Crippen molar-refractivity contribution in [2.75, 3.05) is 27.2 Å². The minimum Gasteiger partial charge on any atom is -0.347 e. The summed E-state index contributed by atoms with van der Waals surface area (Å²) in [6.45, 7) is 6.91. The fraction of sp³-hybridized carbons (Fsp3) is 0.600. The number of carbonyl (C=O) groups excluding carboxylic acids is 2. The molecule has 0 radical (unpaired) electrons. The lowest BCUT2D eigenvalue weighted by Crippen LogP contribution is -2.88. The van der Waals surface area contributed by atoms with Gasteiger partial charge < -0.3 is 15.5 Å². The van der Waals surface area contributed by atoms with Crippen LogP contribution in [0.25, 0.3) is 0 Å². The fourth-order valence-corrected chi connectivity index (χ4v) is 2.72. The van der Waals surface area contributed by atoms with E-state index in [1.54, 1.807) is 14.1 Å². The van der Waals surface area contributed by atoms with Gasteiger partial charge in [-0.2, -0.15) is 0 Å². The van der Waals surface area contributed by atoms with Crippen LogP contribution in [0, 0.1) is 5.92 Å². The predicted molar refractivity (Wildman–Crippen MR) is 101 cm³/mol. The van der Waals surface area contributed by atoms with Gasteiger partial charge >= 0.3 is 0 Å². The van der Waals surface area contributed by atoms with Crippen molar-refractivity contribution >= 4 is 11.8 Å². The Kier molecular flexibility index (Phi) is 9.21. The van der Waals surface area contributed by atoms with Crippen molar-refractivity contribution in [2.45, 2.75) is 46.1 Å². The van der Waals surface area contributed by atoms with Gasteiger partial charge in [0.05, 0.1) is 6.54 Å². The fourth-order valence-electron chi connectivity index (χ4n) is 2.72. The van der Waals surface area contributed by atoms with Gasteiger partial charge in [-0.05, 0) is 18.4 Å². The number of nitrogens with two attached hydrogens (primary N) is 1. The molecule has 0 bridgehead atoms. The molecule has 0 aromatic heterocycles. The number of rotatable bonds is 10. The second-order valence-corrected chi connectivity index (χ2v) is 7.12. The van der Waals surface area contributed by atoms with Crippen LogP contribution < -0.4 is 10.6 Å². The maximum Gasteiger partial charge on any atom is 0.275 e. The Hall–Kier alpha value is -1.88. The third kappa shape index (κ3) is 7.69. The summed E-state index contributed by atoms with van der Waals surface area (Å²) in [5.74, 6) is 0.203. The smallest absolute Gasteiger partial charge is 0.275 e. The Bertz CT molecular complexity index is 538. The van der Waals surface area contributed by atoms with E-state index in [2.05, 4.69) is 55.7 Å². The molecule has 3 N–H and O–H groups in total. The molecule has 25 heavy (non-hydrogen) atoms. The molecule has 0 unspecified atom stereocenters. The number of nitrogens with zero attached hydrogens (tertiary/aromatic N) is 1. The second-order valence-electron chi connectivity index (χ2n) is 7.12. The molecule has 0 aliphatic heterocycles. The molecule has 0 aliphatic carbocycles. The molecule has 2 amide bonds. The van der Waals surface area contributed by atoms with Crippen LogP contribution in [0.3, 0.4) is 0 Å². The van der Waals surface area contributed by atoms with E-state index in [1.165, 1.54) is 28.9 Å². The third-order valence-electron chi connectivity index (χ3n) is 4.39. The van der Waals surface area contributed by atoms with Gasteiger partial charge in [0.15, 0.2) is 6.54 Å². The quantitative estimate of drug-likeness (QED) is 0.673. The van der Waals surface area contributed by atoms with Crippen LogP contribution in [-0.4, -0.2) is 43.9 Å². The summed E-state index contributed by atoms with van der Waals surface area (Å²) in [5.41, 5.74) is 2.61. The number of nitrogens with one attached hydrogen (secondary N) is 1. The minimum absolute atomic E-state index is 0.0537. The minimum atomic E-state index is -0.111. The molecular formula is C20H34N3O2+. The van der Waals surface area contributed by atoms with Gasteiger partial charge in [0.1, 0.15) is 6.04 Å².